The quantitative estimate of drug-likeness (QED) is 0.0658. The van der Waals surface area contributed by atoms with Gasteiger partial charge in [0, 0.05) is 53.3 Å². The van der Waals surface area contributed by atoms with Gasteiger partial charge in [-0.2, -0.15) is 0 Å². The van der Waals surface area contributed by atoms with Crippen LogP contribution in [0.2, 0.25) is 0 Å². The third-order valence-electron chi connectivity index (χ3n) is 19.5. The number of hydrogen-bond donors (Lipinski definition) is 7. The lowest BCUT2D eigenvalue weighted by Crippen LogP contribution is -2.75. The first-order chi connectivity index (χ1) is 39.1. The van der Waals surface area contributed by atoms with Crippen molar-refractivity contribution in [3.8, 4) is 11.4 Å². The number of carboxylic acids is 1. The molecule has 7 aliphatic carbocycles. The molecule has 6 saturated carbocycles. The Hall–Kier alpha value is -7.85. The molecule has 12 rings (SSSR count). The zero-order valence-corrected chi connectivity index (χ0v) is 45.4. The van der Waals surface area contributed by atoms with Crippen LogP contribution < -0.4 is 26.2 Å². The number of ketones is 2. The lowest BCUT2D eigenvalue weighted by molar-refractivity contribution is -0.210. The van der Waals surface area contributed by atoms with Gasteiger partial charge in [-0.15, -0.1) is 20.4 Å². The molecule has 4 aromatic rings. The van der Waals surface area contributed by atoms with Gasteiger partial charge in [0.2, 0.25) is 23.5 Å². The predicted molar refractivity (Wildman–Crippen MR) is 290 cm³/mol. The molecule has 430 valence electrons. The van der Waals surface area contributed by atoms with Gasteiger partial charge in [-0.25, -0.2) is 13.6 Å². The molecule has 4 amide bonds. The third-order valence-corrected chi connectivity index (χ3v) is 19.5. The zero-order valence-electron chi connectivity index (χ0n) is 45.4. The van der Waals surface area contributed by atoms with Crippen molar-refractivity contribution >= 4 is 52.7 Å². The summed E-state index contributed by atoms with van der Waals surface area (Å²) in [7, 11) is 0. The molecule has 22 heteroatoms. The van der Waals surface area contributed by atoms with Gasteiger partial charge in [0.25, 0.3) is 0 Å². The van der Waals surface area contributed by atoms with Crippen molar-refractivity contribution in [1.82, 2.24) is 36.3 Å². The van der Waals surface area contributed by atoms with Gasteiger partial charge in [-0.05, 0) is 140 Å². The van der Waals surface area contributed by atoms with Gasteiger partial charge < -0.3 is 46.2 Å². The molecular weight excluding hydrogens is 1060 g/mol. The molecule has 2 heterocycles. The van der Waals surface area contributed by atoms with Crippen molar-refractivity contribution < 1.29 is 62.4 Å². The molecule has 0 unspecified atom stereocenters. The number of amides is 4. The standard InChI is InChI=1S/C60H65F2N9O11/c1-55-18-17-41(73)21-44(55)45(61)22-43-42-20-38-26-71(32-59(38,48(75)27-72)56(42,2)24-47(74)60(43,55)62)40-13-7-35(8-14-40)23-57-29-58(30-57,31-57)68-54(81)82-28-36-5-11-39(12-6-36)66-53(80)46(15-16-51(78)79)67-50(77)25-63-49(76)19-34-3-9-37(10-4-34)52-69-64-33-65-70-52/h3-14,17-18,21,33,38,42-43,45-47,72,74H,15-16,19-20,22-32H2,1-2H3,(H,63,76)(H,66,80)(H,67,77)(H,68,81)(H,78,79)/t38-,42-,43-,45-,46-,47-,55-,56-,57?,58?,59+,60-/m0/s1. The number of alkyl carbamates (subject to hydrolysis) is 1. The van der Waals surface area contributed by atoms with E-state index >= 15 is 8.78 Å². The van der Waals surface area contributed by atoms with E-state index in [1.54, 1.807) is 55.5 Å². The number of carbonyl (C=O) groups is 7. The summed E-state index contributed by atoms with van der Waals surface area (Å²) in [5, 5.41) is 57.6. The summed E-state index contributed by atoms with van der Waals surface area (Å²) in [6.45, 7) is 3.03. The Morgan fingerprint density at radius 1 is 0.878 bits per heavy atom. The van der Waals surface area contributed by atoms with E-state index in [2.05, 4.69) is 58.7 Å². The lowest BCUT2D eigenvalue weighted by Gasteiger charge is -2.70. The maximum Gasteiger partial charge on any atom is 0.407 e. The highest BCUT2D eigenvalue weighted by Gasteiger charge is 2.78. The summed E-state index contributed by atoms with van der Waals surface area (Å²) in [6.07, 6.45) is 4.07. The number of benzene rings is 3. The number of allylic oxidation sites excluding steroid dienone is 4. The minimum atomic E-state index is -2.26. The number of carbonyl (C=O) groups excluding carboxylic acids is 6. The van der Waals surface area contributed by atoms with Crippen LogP contribution in [0.3, 0.4) is 0 Å². The number of rotatable bonds is 19. The summed E-state index contributed by atoms with van der Waals surface area (Å²) in [5.41, 5.74) is -1.79. The topological polar surface area (TPSA) is 292 Å². The van der Waals surface area contributed by atoms with Crippen molar-refractivity contribution in [3.05, 3.63) is 120 Å². The normalized spacial score (nSPS) is 32.0. The Morgan fingerprint density at radius 2 is 1.56 bits per heavy atom. The number of aromatic nitrogens is 4. The first-order valence-electron chi connectivity index (χ1n) is 27.8. The number of carboxylic acid groups (broad SMARTS) is 1. The largest absolute Gasteiger partial charge is 0.481 e. The van der Waals surface area contributed by atoms with Crippen LogP contribution in [-0.4, -0.2) is 133 Å². The van der Waals surface area contributed by atoms with Crippen LogP contribution in [0.4, 0.5) is 25.0 Å². The monoisotopic (exact) mass is 1130 g/mol. The molecule has 20 nitrogen and oxygen atoms in total. The second-order valence-electron chi connectivity index (χ2n) is 24.3. The van der Waals surface area contributed by atoms with Crippen LogP contribution in [0.25, 0.3) is 11.4 Å². The van der Waals surface area contributed by atoms with Crippen LogP contribution >= 0.6 is 0 Å². The van der Waals surface area contributed by atoms with Gasteiger partial charge in [-0.1, -0.05) is 61.5 Å². The van der Waals surface area contributed by atoms with Gasteiger partial charge in [-0.3, -0.25) is 28.8 Å². The third kappa shape index (κ3) is 9.79. The number of nitrogens with zero attached hydrogens (tertiary/aromatic N) is 5. The van der Waals surface area contributed by atoms with Gasteiger partial charge in [0.05, 0.1) is 24.5 Å². The van der Waals surface area contributed by atoms with E-state index < -0.39 is 107 Å². The van der Waals surface area contributed by atoms with E-state index in [-0.39, 0.29) is 67.1 Å². The average Bonchev–Trinajstić information content (AvgIpc) is 1.83. The molecule has 8 aliphatic rings. The van der Waals surface area contributed by atoms with E-state index in [1.165, 1.54) is 24.6 Å². The van der Waals surface area contributed by atoms with Crippen LogP contribution in [0, 0.1) is 39.4 Å². The first kappa shape index (κ1) is 56.0. The number of aliphatic hydroxyl groups is 2. The Kier molecular flexibility index (Phi) is 14.5. The summed E-state index contributed by atoms with van der Waals surface area (Å²) >= 11 is 0. The number of Topliss-reactive ketones (excluding diaryl/α,β-unsaturated/α-hetero) is 1. The number of alkyl halides is 2. The molecule has 7 fully saturated rings. The Morgan fingerprint density at radius 3 is 2.24 bits per heavy atom. The van der Waals surface area contributed by atoms with Crippen molar-refractivity contribution in [2.24, 2.45) is 39.4 Å². The van der Waals surface area contributed by atoms with E-state index in [0.717, 1.165) is 36.9 Å². The molecule has 0 radical (unpaired) electrons. The molecule has 82 heavy (non-hydrogen) atoms. The second kappa shape index (κ2) is 21.2. The number of aliphatic hydroxyl groups excluding tert-OH is 2. The minimum absolute atomic E-state index is 0.0273. The number of anilines is 2. The highest BCUT2D eigenvalue weighted by Crippen LogP contribution is 2.75. The second-order valence-corrected chi connectivity index (χ2v) is 24.3. The van der Waals surface area contributed by atoms with Crippen molar-refractivity contribution in [1.29, 1.82) is 0 Å². The Balaban J connectivity index is 0.627. The summed E-state index contributed by atoms with van der Waals surface area (Å²) in [5.74, 6) is -5.05. The smallest absolute Gasteiger partial charge is 0.407 e. The fourth-order valence-corrected chi connectivity index (χ4v) is 15.8. The van der Waals surface area contributed by atoms with E-state index in [4.69, 9.17) is 4.74 Å². The van der Waals surface area contributed by atoms with E-state index in [9.17, 15) is 48.9 Å². The van der Waals surface area contributed by atoms with Crippen LogP contribution in [0.5, 0.6) is 0 Å². The zero-order chi connectivity index (χ0) is 58.0. The molecule has 2 bridgehead atoms. The molecule has 10 atom stereocenters. The molecule has 3 aromatic carbocycles. The Labute approximate surface area is 471 Å². The van der Waals surface area contributed by atoms with Gasteiger partial charge >= 0.3 is 12.1 Å². The number of hydrogen-bond acceptors (Lipinski definition) is 15. The van der Waals surface area contributed by atoms with Crippen LogP contribution in [-0.2, 0) is 53.0 Å². The molecule has 1 aliphatic heterocycles. The molecule has 1 saturated heterocycles. The summed E-state index contributed by atoms with van der Waals surface area (Å²) < 4.78 is 39.5. The maximum absolute atomic E-state index is 17.9. The average molecular weight is 1130 g/mol. The number of aliphatic carboxylic acids is 1. The predicted octanol–water partition coefficient (Wildman–Crippen LogP) is 4.88. The fourth-order valence-electron chi connectivity index (χ4n) is 15.8. The van der Waals surface area contributed by atoms with Crippen molar-refractivity contribution in [2.75, 3.05) is 36.5 Å². The molecular formula is C60H65F2N9O11. The van der Waals surface area contributed by atoms with Crippen LogP contribution in [0.1, 0.15) is 81.9 Å². The summed E-state index contributed by atoms with van der Waals surface area (Å²) in [4.78, 5) is 91.8. The number of fused-ring (bicyclic) bond motifs is 7. The number of nitrogens with one attached hydrogen (secondary N) is 4. The SMILES string of the molecule is C[C@]12C=CC(=O)C=C1[C@@H](F)C[C@H]1[C@@H]3C[C@H]4CN(c5ccc(CC67CC(NC(=O)OCc8ccc(NC(=O)[C@H](CCC(=O)O)NC(=O)CNC(=O)Cc9ccc(-c%10nncnn%10)cc9)cc8)(C6)C7)cc5)C[C@@]4(C(=O)CO)[C@@]3(C)C[C@H](O)[C@@]12F. The maximum atomic E-state index is 17.9. The molecule has 7 N–H and O–H groups in total. The molecule has 1 aromatic heterocycles. The Bertz CT molecular complexity index is 3260. The fraction of sp³-hybridized carbons (Fsp3) is 0.483. The highest BCUT2D eigenvalue weighted by atomic mass is 19.1. The highest BCUT2D eigenvalue weighted by molar-refractivity contribution is 6.01. The lowest BCUT2D eigenvalue weighted by atomic mass is 9.38. The minimum Gasteiger partial charge on any atom is -0.481 e. The van der Waals surface area contributed by atoms with E-state index in [1.807, 2.05) is 19.1 Å². The van der Waals surface area contributed by atoms with Crippen molar-refractivity contribution in [2.45, 2.75) is 114 Å². The summed E-state index contributed by atoms with van der Waals surface area (Å²) in [6, 6.07) is 20.3. The molecule has 0 spiro atoms. The number of ether oxygens (including phenoxy) is 1. The van der Waals surface area contributed by atoms with Crippen molar-refractivity contribution in [3.63, 3.8) is 0 Å². The van der Waals surface area contributed by atoms with Crippen LogP contribution in [0.15, 0.2) is 103 Å². The first-order valence-corrected chi connectivity index (χ1v) is 27.8. The van der Waals surface area contributed by atoms with E-state index in [0.29, 0.717) is 41.2 Å². The van der Waals surface area contributed by atoms with Gasteiger partial charge in [0.1, 0.15) is 25.4 Å². The van der Waals surface area contributed by atoms with Gasteiger partial charge in [0.15, 0.2) is 23.6 Å². The number of halogens is 2.